The molecule has 0 amide bonds. The molecule has 134 valence electrons. The Kier molecular flexibility index (Phi) is 5.79. The zero-order chi connectivity index (χ0) is 18.5. The number of benzene rings is 1. The first-order chi connectivity index (χ1) is 12.7. The second kappa shape index (κ2) is 8.24. The molecule has 0 unspecified atom stereocenters. The highest BCUT2D eigenvalue weighted by Gasteiger charge is 2.33. The molecule has 0 aromatic heterocycles. The molecule has 1 N–H and O–H groups in total. The van der Waals surface area contributed by atoms with Crippen molar-refractivity contribution in [2.45, 2.75) is 38.1 Å². The quantitative estimate of drug-likeness (QED) is 0.766. The summed E-state index contributed by atoms with van der Waals surface area (Å²) >= 11 is 0. The van der Waals surface area contributed by atoms with Gasteiger partial charge in [-0.2, -0.15) is 0 Å². The van der Waals surface area contributed by atoms with Crippen LogP contribution in [0.4, 0.5) is 0 Å². The Labute approximate surface area is 155 Å². The second-order valence-electron chi connectivity index (χ2n) is 6.82. The smallest absolute Gasteiger partial charge is 0.190 e. The first-order valence-electron chi connectivity index (χ1n) is 9.23. The Bertz CT molecular complexity index is 764. The minimum Gasteiger partial charge on any atom is -0.314 e. The van der Waals surface area contributed by atoms with Crippen LogP contribution in [-0.2, 0) is 0 Å². The maximum Gasteiger partial charge on any atom is 0.190 e. The molecule has 0 aliphatic heterocycles. The summed E-state index contributed by atoms with van der Waals surface area (Å²) in [6.07, 6.45) is 9.59. The molecular formula is C23H25NO2. The van der Waals surface area contributed by atoms with E-state index < -0.39 is 0 Å². The third-order valence-electron chi connectivity index (χ3n) is 5.26. The molecule has 3 nitrogen and oxygen atoms in total. The molecule has 3 heteroatoms. The van der Waals surface area contributed by atoms with E-state index in [1.165, 1.54) is 0 Å². The number of hydrogen-bond acceptors (Lipinski definition) is 3. The van der Waals surface area contributed by atoms with Crippen LogP contribution in [0.2, 0.25) is 0 Å². The van der Waals surface area contributed by atoms with E-state index in [9.17, 15) is 9.59 Å². The fraction of sp³-hybridized carbons (Fsp3) is 0.304. The number of nitrogens with one attached hydrogen (secondary N) is 1. The van der Waals surface area contributed by atoms with Gasteiger partial charge in [-0.1, -0.05) is 55.7 Å². The third-order valence-corrected chi connectivity index (χ3v) is 5.26. The molecule has 0 fully saturated rings. The van der Waals surface area contributed by atoms with Gasteiger partial charge in [0.2, 0.25) is 0 Å². The van der Waals surface area contributed by atoms with E-state index in [1.54, 1.807) is 18.2 Å². The average molecular weight is 347 g/mol. The Hall–Kier alpha value is -2.52. The minimum atomic E-state index is 0.0405. The highest BCUT2D eigenvalue weighted by Crippen LogP contribution is 2.34. The zero-order valence-electron chi connectivity index (χ0n) is 15.1. The van der Waals surface area contributed by atoms with Gasteiger partial charge in [-0.05, 0) is 44.2 Å². The highest BCUT2D eigenvalue weighted by atomic mass is 16.1. The lowest BCUT2D eigenvalue weighted by Gasteiger charge is -2.19. The second-order valence-corrected chi connectivity index (χ2v) is 6.82. The van der Waals surface area contributed by atoms with E-state index in [4.69, 9.17) is 0 Å². The van der Waals surface area contributed by atoms with Gasteiger partial charge in [0.25, 0.3) is 0 Å². The predicted molar refractivity (Wildman–Crippen MR) is 105 cm³/mol. The van der Waals surface area contributed by atoms with Crippen molar-refractivity contribution in [2.75, 3.05) is 6.54 Å². The lowest BCUT2D eigenvalue weighted by Crippen LogP contribution is -2.29. The van der Waals surface area contributed by atoms with E-state index in [2.05, 4.69) is 18.5 Å². The molecular weight excluding hydrogens is 322 g/mol. The van der Waals surface area contributed by atoms with Crippen LogP contribution in [-0.4, -0.2) is 24.2 Å². The number of carbonyl (C=O) groups excluding carboxylic acids is 2. The molecule has 2 aliphatic rings. The lowest BCUT2D eigenvalue weighted by atomic mass is 9.82. The number of allylic oxidation sites excluding steroid dienone is 5. The van der Waals surface area contributed by atoms with Crippen molar-refractivity contribution in [3.05, 3.63) is 83.5 Å². The van der Waals surface area contributed by atoms with Crippen LogP contribution in [0.5, 0.6) is 0 Å². The van der Waals surface area contributed by atoms with Crippen LogP contribution in [0.15, 0.2) is 72.4 Å². The molecule has 0 heterocycles. The number of fused-ring (bicyclic) bond motifs is 1. The minimum absolute atomic E-state index is 0.0405. The van der Waals surface area contributed by atoms with E-state index in [0.717, 1.165) is 42.5 Å². The number of carbonyl (C=O) groups is 2. The summed E-state index contributed by atoms with van der Waals surface area (Å²) in [6, 6.07) is 7.50. The largest absolute Gasteiger partial charge is 0.314 e. The lowest BCUT2D eigenvalue weighted by molar-refractivity contribution is 0.0970. The van der Waals surface area contributed by atoms with Gasteiger partial charge in [0.1, 0.15) is 0 Å². The van der Waals surface area contributed by atoms with Crippen molar-refractivity contribution in [1.29, 1.82) is 0 Å². The molecule has 3 rings (SSSR count). The van der Waals surface area contributed by atoms with Crippen LogP contribution in [0, 0.1) is 0 Å². The van der Waals surface area contributed by atoms with Gasteiger partial charge in [0, 0.05) is 28.3 Å². The van der Waals surface area contributed by atoms with Crippen molar-refractivity contribution < 1.29 is 9.59 Å². The molecule has 1 aromatic carbocycles. The Morgan fingerprint density at radius 2 is 1.62 bits per heavy atom. The molecule has 0 spiro atoms. The van der Waals surface area contributed by atoms with Crippen molar-refractivity contribution in [3.8, 4) is 0 Å². The molecule has 0 atom stereocenters. The first kappa shape index (κ1) is 18.3. The van der Waals surface area contributed by atoms with Gasteiger partial charge in [0.05, 0.1) is 0 Å². The monoisotopic (exact) mass is 347 g/mol. The van der Waals surface area contributed by atoms with Crippen molar-refractivity contribution >= 4 is 11.6 Å². The maximum atomic E-state index is 12.8. The summed E-state index contributed by atoms with van der Waals surface area (Å²) in [5.41, 5.74) is 3.74. The third kappa shape index (κ3) is 3.68. The first-order valence-corrected chi connectivity index (χ1v) is 9.23. The summed E-state index contributed by atoms with van der Waals surface area (Å²) in [5.74, 6) is 0.0809. The number of rotatable bonds is 6. The Morgan fingerprint density at radius 3 is 2.12 bits per heavy atom. The number of hydrogen-bond donors (Lipinski definition) is 1. The van der Waals surface area contributed by atoms with E-state index >= 15 is 0 Å². The summed E-state index contributed by atoms with van der Waals surface area (Å²) in [4.78, 5) is 25.6. The molecule has 0 saturated heterocycles. The molecule has 0 bridgehead atoms. The predicted octanol–water partition coefficient (Wildman–Crippen LogP) is 4.58. The van der Waals surface area contributed by atoms with Gasteiger partial charge in [-0.3, -0.25) is 9.59 Å². The fourth-order valence-corrected chi connectivity index (χ4v) is 3.82. The molecule has 0 saturated carbocycles. The number of Topliss-reactive ketones (excluding diaryl/α,β-unsaturated/α-hetero) is 2. The summed E-state index contributed by atoms with van der Waals surface area (Å²) < 4.78 is 0. The van der Waals surface area contributed by atoms with Gasteiger partial charge in [-0.25, -0.2) is 0 Å². The van der Waals surface area contributed by atoms with Crippen LogP contribution in [0.1, 0.15) is 52.8 Å². The van der Waals surface area contributed by atoms with Crippen LogP contribution in [0.3, 0.4) is 0 Å². The van der Waals surface area contributed by atoms with Crippen LogP contribution in [0.25, 0.3) is 0 Å². The Balaban J connectivity index is 1.65. The maximum absolute atomic E-state index is 12.8. The van der Waals surface area contributed by atoms with Crippen molar-refractivity contribution in [3.63, 3.8) is 0 Å². The van der Waals surface area contributed by atoms with E-state index in [0.29, 0.717) is 30.0 Å². The van der Waals surface area contributed by atoms with E-state index in [1.807, 2.05) is 24.3 Å². The standard InChI is InChI=1S/C23H25NO2/c1-3-7-16(4-2)14-15-24-17-10-12-20-21(13-11-17)23(26)19-9-6-5-8-18(19)22(20)25/h3-9,17,24H,1-2,10-15H2/b16-7+. The van der Waals surface area contributed by atoms with Crippen LogP contribution < -0.4 is 5.32 Å². The normalized spacial score (nSPS) is 18.2. The summed E-state index contributed by atoms with van der Waals surface area (Å²) in [5, 5.41) is 3.57. The van der Waals surface area contributed by atoms with Gasteiger partial charge >= 0.3 is 0 Å². The number of ketones is 2. The molecule has 26 heavy (non-hydrogen) atoms. The average Bonchev–Trinajstić information content (AvgIpc) is 2.88. The molecule has 2 aliphatic carbocycles. The van der Waals surface area contributed by atoms with Crippen molar-refractivity contribution in [2.24, 2.45) is 0 Å². The molecule has 0 radical (unpaired) electrons. The van der Waals surface area contributed by atoms with E-state index in [-0.39, 0.29) is 11.6 Å². The van der Waals surface area contributed by atoms with Gasteiger partial charge < -0.3 is 5.32 Å². The fourth-order valence-electron chi connectivity index (χ4n) is 3.82. The molecule has 1 aromatic rings. The SMILES string of the molecule is C=C/C=C(\C=C)CCNC1CCC2=C(CC1)C(=O)c1ccccc1C2=O. The highest BCUT2D eigenvalue weighted by molar-refractivity contribution is 6.26. The van der Waals surface area contributed by atoms with Gasteiger partial charge in [-0.15, -0.1) is 0 Å². The van der Waals surface area contributed by atoms with Gasteiger partial charge in [0.15, 0.2) is 11.6 Å². The summed E-state index contributed by atoms with van der Waals surface area (Å²) in [6.45, 7) is 8.39. The Morgan fingerprint density at radius 1 is 1.04 bits per heavy atom. The topological polar surface area (TPSA) is 46.2 Å². The van der Waals surface area contributed by atoms with Crippen LogP contribution >= 0.6 is 0 Å². The zero-order valence-corrected chi connectivity index (χ0v) is 15.1. The summed E-state index contributed by atoms with van der Waals surface area (Å²) in [7, 11) is 0. The van der Waals surface area contributed by atoms with Crippen molar-refractivity contribution in [1.82, 2.24) is 5.32 Å².